The van der Waals surface area contributed by atoms with Gasteiger partial charge in [0, 0.05) is 50.2 Å². The highest BCUT2D eigenvalue weighted by molar-refractivity contribution is 5.52. The Morgan fingerprint density at radius 3 is 2.88 bits per heavy atom. The maximum atomic E-state index is 4.55. The smallest absolute Gasteiger partial charge is 0.134 e. The first kappa shape index (κ1) is 15.5. The Morgan fingerprint density at radius 2 is 2.08 bits per heavy atom. The summed E-state index contributed by atoms with van der Waals surface area (Å²) in [6, 6.07) is 8.17. The molecule has 0 amide bonds. The minimum Gasteiger partial charge on any atom is -0.366 e. The molecule has 0 radical (unpaired) electrons. The van der Waals surface area contributed by atoms with Crippen molar-refractivity contribution in [1.82, 2.24) is 19.9 Å². The summed E-state index contributed by atoms with van der Waals surface area (Å²) in [6.07, 6.45) is 8.10. The van der Waals surface area contributed by atoms with Crippen LogP contribution in [0.1, 0.15) is 22.4 Å². The van der Waals surface area contributed by atoms with Crippen LogP contribution < -0.4 is 10.2 Å². The molecule has 4 rings (SSSR count). The molecule has 0 saturated carbocycles. The van der Waals surface area contributed by atoms with Gasteiger partial charge in [0.1, 0.15) is 18.0 Å². The van der Waals surface area contributed by atoms with Gasteiger partial charge >= 0.3 is 0 Å². The molecule has 1 aliphatic rings. The molecular formula is C19H20N6. The van der Waals surface area contributed by atoms with Crippen LogP contribution in [-0.2, 0) is 19.5 Å². The first-order chi connectivity index (χ1) is 12.3. The lowest BCUT2D eigenvalue weighted by atomic mass is 10.1. The Morgan fingerprint density at radius 1 is 1.12 bits per heavy atom. The van der Waals surface area contributed by atoms with Gasteiger partial charge in [-0.05, 0) is 30.2 Å². The summed E-state index contributed by atoms with van der Waals surface area (Å²) in [7, 11) is 0. The summed E-state index contributed by atoms with van der Waals surface area (Å²) in [6.45, 7) is 4.43. The number of aryl methyl sites for hydroxylation is 1. The normalized spacial score (nSPS) is 13.4. The van der Waals surface area contributed by atoms with Crippen LogP contribution >= 0.6 is 0 Å². The molecule has 0 fully saturated rings. The molecule has 3 aromatic heterocycles. The number of nitrogens with zero attached hydrogens (tertiary/aromatic N) is 5. The molecule has 6 heteroatoms. The molecule has 0 atom stereocenters. The number of anilines is 2. The minimum absolute atomic E-state index is 0.695. The van der Waals surface area contributed by atoms with Gasteiger partial charge in [0.2, 0.25) is 0 Å². The van der Waals surface area contributed by atoms with Crippen molar-refractivity contribution in [1.29, 1.82) is 0 Å². The lowest BCUT2D eigenvalue weighted by Gasteiger charge is -2.30. The van der Waals surface area contributed by atoms with Crippen molar-refractivity contribution < 1.29 is 0 Å². The van der Waals surface area contributed by atoms with Gasteiger partial charge in [-0.1, -0.05) is 12.1 Å². The number of pyridine rings is 2. The van der Waals surface area contributed by atoms with Crippen LogP contribution in [0.2, 0.25) is 0 Å². The first-order valence-corrected chi connectivity index (χ1v) is 8.43. The van der Waals surface area contributed by atoms with Crippen LogP contribution in [-0.4, -0.2) is 26.5 Å². The van der Waals surface area contributed by atoms with Crippen molar-refractivity contribution in [2.24, 2.45) is 0 Å². The Kier molecular flexibility index (Phi) is 4.24. The molecule has 1 aliphatic heterocycles. The maximum absolute atomic E-state index is 4.55. The Bertz CT molecular complexity index is 848. The van der Waals surface area contributed by atoms with Crippen molar-refractivity contribution in [3.05, 3.63) is 71.6 Å². The molecule has 0 spiro atoms. The molecule has 0 aliphatic carbocycles. The topological polar surface area (TPSA) is 66.8 Å². The summed E-state index contributed by atoms with van der Waals surface area (Å²) in [5.74, 6) is 1.89. The SMILES string of the molecule is Cc1ccc(N2CCc3ncnc(NCc4cccnc4)c3C2)nc1. The molecule has 0 unspecified atom stereocenters. The quantitative estimate of drug-likeness (QED) is 0.792. The Hall–Kier alpha value is -3.02. The zero-order valence-electron chi connectivity index (χ0n) is 14.2. The van der Waals surface area contributed by atoms with Gasteiger partial charge in [0.05, 0.1) is 5.69 Å². The number of nitrogens with one attached hydrogen (secondary N) is 1. The number of fused-ring (bicyclic) bond motifs is 1. The van der Waals surface area contributed by atoms with Crippen molar-refractivity contribution in [2.45, 2.75) is 26.4 Å². The average Bonchev–Trinajstić information content (AvgIpc) is 2.67. The second-order valence-electron chi connectivity index (χ2n) is 6.23. The van der Waals surface area contributed by atoms with Gasteiger partial charge in [-0.15, -0.1) is 0 Å². The average molecular weight is 332 g/mol. The van der Waals surface area contributed by atoms with Gasteiger partial charge in [0.25, 0.3) is 0 Å². The summed E-state index contributed by atoms with van der Waals surface area (Å²) in [5, 5.41) is 3.43. The number of hydrogen-bond donors (Lipinski definition) is 1. The highest BCUT2D eigenvalue weighted by Gasteiger charge is 2.21. The third-order valence-corrected chi connectivity index (χ3v) is 4.40. The third kappa shape index (κ3) is 3.42. The number of rotatable bonds is 4. The predicted octanol–water partition coefficient (Wildman–Crippen LogP) is 2.75. The van der Waals surface area contributed by atoms with E-state index in [1.54, 1.807) is 12.5 Å². The molecule has 4 heterocycles. The van der Waals surface area contributed by atoms with Crippen molar-refractivity contribution in [3.8, 4) is 0 Å². The fourth-order valence-corrected chi connectivity index (χ4v) is 3.02. The minimum atomic E-state index is 0.695. The van der Waals surface area contributed by atoms with E-state index >= 15 is 0 Å². The van der Waals surface area contributed by atoms with Gasteiger partial charge in [-0.3, -0.25) is 4.98 Å². The molecule has 0 saturated heterocycles. The fraction of sp³-hybridized carbons (Fsp3) is 0.263. The number of aromatic nitrogens is 4. The van der Waals surface area contributed by atoms with E-state index in [0.717, 1.165) is 48.0 Å². The van der Waals surface area contributed by atoms with E-state index in [9.17, 15) is 0 Å². The van der Waals surface area contributed by atoms with Gasteiger partial charge < -0.3 is 10.2 Å². The van der Waals surface area contributed by atoms with Gasteiger partial charge in [-0.25, -0.2) is 15.0 Å². The van der Waals surface area contributed by atoms with E-state index in [1.807, 2.05) is 18.5 Å². The van der Waals surface area contributed by atoms with E-state index in [1.165, 1.54) is 5.56 Å². The largest absolute Gasteiger partial charge is 0.366 e. The molecule has 3 aromatic rings. The van der Waals surface area contributed by atoms with Gasteiger partial charge in [0.15, 0.2) is 0 Å². The van der Waals surface area contributed by atoms with Crippen molar-refractivity contribution >= 4 is 11.6 Å². The Balaban J connectivity index is 1.55. The molecular weight excluding hydrogens is 312 g/mol. The second kappa shape index (κ2) is 6.84. The highest BCUT2D eigenvalue weighted by Crippen LogP contribution is 2.26. The molecule has 126 valence electrons. The van der Waals surface area contributed by atoms with Crippen LogP contribution in [0.25, 0.3) is 0 Å². The third-order valence-electron chi connectivity index (χ3n) is 4.40. The van der Waals surface area contributed by atoms with Crippen LogP contribution in [0.15, 0.2) is 49.2 Å². The standard InChI is InChI=1S/C19H20N6/c1-14-4-5-18(21-9-14)25-8-6-17-16(12-25)19(24-13-23-17)22-11-15-3-2-7-20-10-15/h2-5,7,9-10,13H,6,8,11-12H2,1H3,(H,22,23,24). The Labute approximate surface area is 147 Å². The number of hydrogen-bond acceptors (Lipinski definition) is 6. The molecule has 6 nitrogen and oxygen atoms in total. The fourth-order valence-electron chi connectivity index (χ4n) is 3.02. The van der Waals surface area contributed by atoms with Crippen LogP contribution in [0, 0.1) is 6.92 Å². The molecule has 0 aromatic carbocycles. The summed E-state index contributed by atoms with van der Waals surface area (Å²) in [4.78, 5) is 19.9. The monoisotopic (exact) mass is 332 g/mol. The zero-order chi connectivity index (χ0) is 17.1. The summed E-state index contributed by atoms with van der Waals surface area (Å²) < 4.78 is 0. The van der Waals surface area contributed by atoms with E-state index in [4.69, 9.17) is 0 Å². The lowest BCUT2D eigenvalue weighted by Crippen LogP contribution is -2.32. The van der Waals surface area contributed by atoms with Crippen LogP contribution in [0.5, 0.6) is 0 Å². The predicted molar refractivity (Wildman–Crippen MR) is 97.3 cm³/mol. The molecule has 1 N–H and O–H groups in total. The molecule has 0 bridgehead atoms. The lowest BCUT2D eigenvalue weighted by molar-refractivity contribution is 0.697. The van der Waals surface area contributed by atoms with E-state index in [0.29, 0.717) is 6.54 Å². The van der Waals surface area contributed by atoms with E-state index in [2.05, 4.69) is 55.3 Å². The van der Waals surface area contributed by atoms with Gasteiger partial charge in [-0.2, -0.15) is 0 Å². The maximum Gasteiger partial charge on any atom is 0.134 e. The second-order valence-corrected chi connectivity index (χ2v) is 6.23. The van der Waals surface area contributed by atoms with E-state index in [-0.39, 0.29) is 0 Å². The highest BCUT2D eigenvalue weighted by atomic mass is 15.2. The van der Waals surface area contributed by atoms with Crippen LogP contribution in [0.4, 0.5) is 11.6 Å². The van der Waals surface area contributed by atoms with Crippen molar-refractivity contribution in [2.75, 3.05) is 16.8 Å². The zero-order valence-corrected chi connectivity index (χ0v) is 14.2. The summed E-state index contributed by atoms with van der Waals surface area (Å²) >= 11 is 0. The van der Waals surface area contributed by atoms with Crippen LogP contribution in [0.3, 0.4) is 0 Å². The molecule has 25 heavy (non-hydrogen) atoms. The summed E-state index contributed by atoms with van der Waals surface area (Å²) in [5.41, 5.74) is 4.57. The van der Waals surface area contributed by atoms with E-state index < -0.39 is 0 Å². The van der Waals surface area contributed by atoms with Crippen molar-refractivity contribution in [3.63, 3.8) is 0 Å². The first-order valence-electron chi connectivity index (χ1n) is 8.43.